The minimum absolute atomic E-state index is 0.167. The van der Waals surface area contributed by atoms with Crippen molar-refractivity contribution in [2.24, 2.45) is 5.10 Å². The molecule has 0 saturated heterocycles. The molecule has 6 nitrogen and oxygen atoms in total. The van der Waals surface area contributed by atoms with Crippen LogP contribution in [0.2, 0.25) is 0 Å². The van der Waals surface area contributed by atoms with E-state index in [9.17, 15) is 0 Å². The van der Waals surface area contributed by atoms with Gasteiger partial charge in [-0.25, -0.2) is 0 Å². The highest BCUT2D eigenvalue weighted by atomic mass is 79.9. The van der Waals surface area contributed by atoms with Crippen molar-refractivity contribution < 1.29 is 9.47 Å². The Hall–Kier alpha value is -1.98. The molecule has 0 bridgehead atoms. The molecule has 1 heterocycles. The summed E-state index contributed by atoms with van der Waals surface area (Å²) < 4.78 is 13.1. The molecule has 0 unspecified atom stereocenters. The lowest BCUT2D eigenvalue weighted by Gasteiger charge is -2.11. The number of hydrogen-bond donors (Lipinski definition) is 0. The van der Waals surface area contributed by atoms with Crippen LogP contribution in [-0.2, 0) is 0 Å². The average molecular weight is 381 g/mol. The van der Waals surface area contributed by atoms with E-state index in [0.29, 0.717) is 16.7 Å². The lowest BCUT2D eigenvalue weighted by atomic mass is 10.2. The largest absolute Gasteiger partial charge is 0.493 e. The molecule has 114 valence electrons. The van der Waals surface area contributed by atoms with Gasteiger partial charge in [0.15, 0.2) is 11.5 Å². The van der Waals surface area contributed by atoms with E-state index < -0.39 is 0 Å². The van der Waals surface area contributed by atoms with Crippen LogP contribution in [0.3, 0.4) is 0 Å². The standard InChI is InChI=1S/C14H13BrN4O2S/c1-4-5-21-13-11(15)6-10(7-12(13)20-2)8-17-19-9-16-18-14(19)22-3/h1,6-9H,5H2,2-3H3/b17-8-. The number of methoxy groups -OCH3 is 1. The molecule has 2 rings (SSSR count). The number of thioether (sulfide) groups is 1. The highest BCUT2D eigenvalue weighted by Crippen LogP contribution is 2.36. The molecule has 0 saturated carbocycles. The molecule has 1 aromatic carbocycles. The predicted octanol–water partition coefficient (Wildman–Crippen LogP) is 2.67. The summed E-state index contributed by atoms with van der Waals surface area (Å²) in [7, 11) is 1.57. The normalized spacial score (nSPS) is 10.6. The second-order valence-electron chi connectivity index (χ2n) is 3.93. The molecule has 0 atom stereocenters. The lowest BCUT2D eigenvalue weighted by molar-refractivity contribution is 0.329. The van der Waals surface area contributed by atoms with Gasteiger partial charge in [-0.2, -0.15) is 9.78 Å². The van der Waals surface area contributed by atoms with E-state index in [1.807, 2.05) is 18.4 Å². The molecular weight excluding hydrogens is 368 g/mol. The predicted molar refractivity (Wildman–Crippen MR) is 89.8 cm³/mol. The van der Waals surface area contributed by atoms with Gasteiger partial charge in [-0.1, -0.05) is 17.7 Å². The number of hydrogen-bond acceptors (Lipinski definition) is 6. The highest BCUT2D eigenvalue weighted by molar-refractivity contribution is 9.10. The van der Waals surface area contributed by atoms with Crippen LogP contribution in [-0.4, -0.2) is 41.1 Å². The summed E-state index contributed by atoms with van der Waals surface area (Å²) in [6, 6.07) is 3.67. The maximum Gasteiger partial charge on any atom is 0.211 e. The van der Waals surface area contributed by atoms with Crippen LogP contribution in [0, 0.1) is 12.3 Å². The van der Waals surface area contributed by atoms with Gasteiger partial charge in [0.05, 0.1) is 17.8 Å². The molecule has 0 aliphatic rings. The van der Waals surface area contributed by atoms with Gasteiger partial charge in [0.1, 0.15) is 12.9 Å². The number of terminal acetylenes is 1. The maximum atomic E-state index is 5.47. The quantitative estimate of drug-likeness (QED) is 0.438. The van der Waals surface area contributed by atoms with Crippen LogP contribution in [0.5, 0.6) is 11.5 Å². The minimum Gasteiger partial charge on any atom is -0.493 e. The van der Waals surface area contributed by atoms with E-state index >= 15 is 0 Å². The van der Waals surface area contributed by atoms with Crippen LogP contribution in [0.15, 0.2) is 33.2 Å². The number of halogens is 1. The lowest BCUT2D eigenvalue weighted by Crippen LogP contribution is -1.99. The fraction of sp³-hybridized carbons (Fsp3) is 0.214. The van der Waals surface area contributed by atoms with Crippen molar-refractivity contribution in [1.29, 1.82) is 0 Å². The van der Waals surface area contributed by atoms with Crippen molar-refractivity contribution in [1.82, 2.24) is 14.9 Å². The van der Waals surface area contributed by atoms with E-state index in [0.717, 1.165) is 10.0 Å². The van der Waals surface area contributed by atoms with Crippen molar-refractivity contribution in [3.05, 3.63) is 28.5 Å². The molecule has 0 amide bonds. The van der Waals surface area contributed by atoms with E-state index in [-0.39, 0.29) is 6.61 Å². The van der Waals surface area contributed by atoms with E-state index in [1.54, 1.807) is 24.3 Å². The summed E-state index contributed by atoms with van der Waals surface area (Å²) in [5.41, 5.74) is 0.831. The van der Waals surface area contributed by atoms with Crippen molar-refractivity contribution in [3.63, 3.8) is 0 Å². The van der Waals surface area contributed by atoms with Gasteiger partial charge in [-0.3, -0.25) is 0 Å². The van der Waals surface area contributed by atoms with Crippen LogP contribution >= 0.6 is 27.7 Å². The monoisotopic (exact) mass is 380 g/mol. The van der Waals surface area contributed by atoms with Gasteiger partial charge in [0.25, 0.3) is 0 Å². The SMILES string of the molecule is C#CCOc1c(Br)cc(/C=N\n2cnnc2SC)cc1OC. The number of aromatic nitrogens is 3. The van der Waals surface area contributed by atoms with Crippen LogP contribution < -0.4 is 9.47 Å². The molecule has 1 aromatic heterocycles. The van der Waals surface area contributed by atoms with Gasteiger partial charge in [0.2, 0.25) is 5.16 Å². The number of ether oxygens (including phenoxy) is 2. The highest BCUT2D eigenvalue weighted by Gasteiger charge is 2.11. The summed E-state index contributed by atoms with van der Waals surface area (Å²) in [6.45, 7) is 0.167. The Bertz CT molecular complexity index is 724. The first-order valence-electron chi connectivity index (χ1n) is 6.11. The molecule has 0 spiro atoms. The third-order valence-corrected chi connectivity index (χ3v) is 3.79. The maximum absolute atomic E-state index is 5.47. The Kier molecular flexibility index (Phi) is 5.86. The number of benzene rings is 1. The van der Waals surface area contributed by atoms with Crippen LogP contribution in [0.4, 0.5) is 0 Å². The first-order valence-corrected chi connectivity index (χ1v) is 8.13. The second-order valence-corrected chi connectivity index (χ2v) is 5.56. The molecule has 0 radical (unpaired) electrons. The van der Waals surface area contributed by atoms with Gasteiger partial charge in [-0.15, -0.1) is 16.6 Å². The van der Waals surface area contributed by atoms with Crippen LogP contribution in [0.1, 0.15) is 5.56 Å². The second kappa shape index (κ2) is 7.87. The summed E-state index contributed by atoms with van der Waals surface area (Å²) in [5, 5.41) is 12.8. The van der Waals surface area contributed by atoms with E-state index in [1.165, 1.54) is 11.8 Å². The zero-order chi connectivity index (χ0) is 15.9. The fourth-order valence-electron chi connectivity index (χ4n) is 1.63. The van der Waals surface area contributed by atoms with Gasteiger partial charge in [-0.05, 0) is 39.9 Å². The first-order chi connectivity index (χ1) is 10.7. The topological polar surface area (TPSA) is 61.5 Å². The first kappa shape index (κ1) is 16.4. The smallest absolute Gasteiger partial charge is 0.211 e. The Balaban J connectivity index is 2.29. The Morgan fingerprint density at radius 3 is 3.05 bits per heavy atom. The minimum atomic E-state index is 0.167. The summed E-state index contributed by atoms with van der Waals surface area (Å²) >= 11 is 4.91. The Labute approximate surface area is 141 Å². The molecule has 0 aliphatic carbocycles. The molecule has 2 aromatic rings. The zero-order valence-corrected chi connectivity index (χ0v) is 14.4. The zero-order valence-electron chi connectivity index (χ0n) is 12.0. The van der Waals surface area contributed by atoms with E-state index in [2.05, 4.69) is 37.1 Å². The van der Waals surface area contributed by atoms with Crippen molar-refractivity contribution in [2.75, 3.05) is 20.0 Å². The van der Waals surface area contributed by atoms with Gasteiger partial charge >= 0.3 is 0 Å². The van der Waals surface area contributed by atoms with Crippen molar-refractivity contribution in [2.45, 2.75) is 5.16 Å². The third kappa shape index (κ3) is 3.81. The fourth-order valence-corrected chi connectivity index (χ4v) is 2.61. The Morgan fingerprint density at radius 2 is 2.36 bits per heavy atom. The molecule has 8 heteroatoms. The molecule has 0 N–H and O–H groups in total. The van der Waals surface area contributed by atoms with Gasteiger partial charge < -0.3 is 9.47 Å². The third-order valence-electron chi connectivity index (χ3n) is 2.57. The Morgan fingerprint density at radius 1 is 1.55 bits per heavy atom. The molecular formula is C14H13BrN4O2S. The number of rotatable bonds is 6. The molecule has 0 aliphatic heterocycles. The average Bonchev–Trinajstić information content (AvgIpc) is 2.98. The van der Waals surface area contributed by atoms with Crippen molar-refractivity contribution >= 4 is 33.9 Å². The van der Waals surface area contributed by atoms with Gasteiger partial charge in [0, 0.05) is 0 Å². The van der Waals surface area contributed by atoms with Crippen LogP contribution in [0.25, 0.3) is 0 Å². The summed E-state index contributed by atoms with van der Waals surface area (Å²) in [5.74, 6) is 3.55. The molecule has 0 fully saturated rings. The summed E-state index contributed by atoms with van der Waals surface area (Å²) in [6.07, 6.45) is 10.3. The molecule has 22 heavy (non-hydrogen) atoms. The summed E-state index contributed by atoms with van der Waals surface area (Å²) in [4.78, 5) is 0. The van der Waals surface area contributed by atoms with E-state index in [4.69, 9.17) is 15.9 Å². The van der Waals surface area contributed by atoms with Crippen molar-refractivity contribution in [3.8, 4) is 23.8 Å². The number of nitrogens with zero attached hydrogens (tertiary/aromatic N) is 4.